The molecule has 2 N–H and O–H groups in total. The average molecular weight is 222 g/mol. The normalized spacial score (nSPS) is 21.1. The van der Waals surface area contributed by atoms with Gasteiger partial charge in [-0.3, -0.25) is 4.90 Å². The number of likely N-dealkylation sites (tertiary alicyclic amines) is 1. The molecule has 1 aliphatic rings. The molecule has 0 saturated carbocycles. The van der Waals surface area contributed by atoms with E-state index in [2.05, 4.69) is 11.8 Å². The maximum atomic E-state index is 5.88. The molecule has 16 heavy (non-hydrogen) atoms. The summed E-state index contributed by atoms with van der Waals surface area (Å²) in [7, 11) is 0. The third-order valence-corrected chi connectivity index (χ3v) is 3.82. The Morgan fingerprint density at radius 2 is 2.25 bits per heavy atom. The lowest BCUT2D eigenvalue weighted by atomic mass is 9.93. The van der Waals surface area contributed by atoms with Gasteiger partial charge in [0.15, 0.2) is 0 Å². The summed E-state index contributed by atoms with van der Waals surface area (Å²) >= 11 is 0. The van der Waals surface area contributed by atoms with Gasteiger partial charge >= 0.3 is 0 Å². The number of hydrogen-bond donors (Lipinski definition) is 1. The number of furan rings is 1. The third-order valence-electron chi connectivity index (χ3n) is 3.82. The molecule has 3 nitrogen and oxygen atoms in total. The molecule has 3 heteroatoms. The van der Waals surface area contributed by atoms with Crippen molar-refractivity contribution in [1.29, 1.82) is 0 Å². The van der Waals surface area contributed by atoms with E-state index in [-0.39, 0.29) is 0 Å². The Labute approximate surface area is 97.6 Å². The molecule has 1 atom stereocenters. The van der Waals surface area contributed by atoms with Gasteiger partial charge in [-0.1, -0.05) is 13.3 Å². The summed E-state index contributed by atoms with van der Waals surface area (Å²) < 4.78 is 5.15. The van der Waals surface area contributed by atoms with Crippen LogP contribution in [0, 0.1) is 5.92 Å². The van der Waals surface area contributed by atoms with Crippen LogP contribution >= 0.6 is 0 Å². The molecule has 1 aromatic heterocycles. The predicted molar refractivity (Wildman–Crippen MR) is 65.1 cm³/mol. The first-order valence-corrected chi connectivity index (χ1v) is 6.31. The zero-order valence-electron chi connectivity index (χ0n) is 10.1. The minimum atomic E-state index is 0.344. The van der Waals surface area contributed by atoms with Crippen molar-refractivity contribution in [1.82, 2.24) is 4.90 Å². The number of piperidine rings is 1. The molecule has 0 radical (unpaired) electrons. The summed E-state index contributed by atoms with van der Waals surface area (Å²) in [4.78, 5) is 2.50. The SMILES string of the molecule is CCC1CCN(C(CN)c2ccoc2)CC1. The van der Waals surface area contributed by atoms with Crippen LogP contribution in [0.4, 0.5) is 0 Å². The molecule has 1 saturated heterocycles. The van der Waals surface area contributed by atoms with E-state index in [1.165, 1.54) is 37.9 Å². The number of rotatable bonds is 4. The largest absolute Gasteiger partial charge is 0.472 e. The lowest BCUT2D eigenvalue weighted by molar-refractivity contribution is 0.133. The molecule has 1 aromatic rings. The van der Waals surface area contributed by atoms with Crippen LogP contribution in [0.1, 0.15) is 37.8 Å². The van der Waals surface area contributed by atoms with Gasteiger partial charge in [0, 0.05) is 12.1 Å². The fourth-order valence-electron chi connectivity index (χ4n) is 2.63. The van der Waals surface area contributed by atoms with Crippen LogP contribution in [-0.2, 0) is 0 Å². The van der Waals surface area contributed by atoms with Gasteiger partial charge in [-0.2, -0.15) is 0 Å². The quantitative estimate of drug-likeness (QED) is 0.850. The lowest BCUT2D eigenvalue weighted by Crippen LogP contribution is -2.39. The van der Waals surface area contributed by atoms with E-state index in [0.717, 1.165) is 5.92 Å². The molecule has 0 amide bonds. The summed E-state index contributed by atoms with van der Waals surface area (Å²) in [5.74, 6) is 0.916. The van der Waals surface area contributed by atoms with Gasteiger partial charge in [-0.05, 0) is 37.9 Å². The standard InChI is InChI=1S/C13H22N2O/c1-2-11-3-6-15(7-4-11)13(9-14)12-5-8-16-10-12/h5,8,10-11,13H,2-4,6-7,9,14H2,1H3. The van der Waals surface area contributed by atoms with Crippen molar-refractivity contribution in [3.8, 4) is 0 Å². The Morgan fingerprint density at radius 1 is 1.50 bits per heavy atom. The van der Waals surface area contributed by atoms with E-state index >= 15 is 0 Å². The van der Waals surface area contributed by atoms with Crippen LogP contribution in [0.3, 0.4) is 0 Å². The molecule has 1 aliphatic heterocycles. The van der Waals surface area contributed by atoms with Crippen LogP contribution in [0.2, 0.25) is 0 Å². The highest BCUT2D eigenvalue weighted by Crippen LogP contribution is 2.27. The molecular weight excluding hydrogens is 200 g/mol. The van der Waals surface area contributed by atoms with Crippen molar-refractivity contribution in [3.63, 3.8) is 0 Å². The van der Waals surface area contributed by atoms with Gasteiger partial charge in [0.05, 0.1) is 18.6 Å². The summed E-state index contributed by atoms with van der Waals surface area (Å²) in [6.45, 7) is 5.31. The molecule has 0 aliphatic carbocycles. The minimum Gasteiger partial charge on any atom is -0.472 e. The van der Waals surface area contributed by atoms with Crippen LogP contribution in [0.5, 0.6) is 0 Å². The Bertz CT molecular complexity index is 289. The second-order valence-corrected chi connectivity index (χ2v) is 4.70. The third kappa shape index (κ3) is 2.47. The molecule has 1 unspecified atom stereocenters. The van der Waals surface area contributed by atoms with E-state index in [1.807, 2.05) is 12.3 Å². The second kappa shape index (κ2) is 5.51. The average Bonchev–Trinajstić information content (AvgIpc) is 2.85. The fraction of sp³-hybridized carbons (Fsp3) is 0.692. The molecule has 1 fully saturated rings. The summed E-state index contributed by atoms with van der Waals surface area (Å²) in [5, 5.41) is 0. The Morgan fingerprint density at radius 3 is 2.75 bits per heavy atom. The van der Waals surface area contributed by atoms with Gasteiger partial charge in [0.25, 0.3) is 0 Å². The first-order chi connectivity index (χ1) is 7.85. The van der Waals surface area contributed by atoms with Crippen LogP contribution in [-0.4, -0.2) is 24.5 Å². The van der Waals surface area contributed by atoms with Crippen LogP contribution < -0.4 is 5.73 Å². The van der Waals surface area contributed by atoms with Crippen molar-refractivity contribution in [2.24, 2.45) is 11.7 Å². The Balaban J connectivity index is 1.96. The first-order valence-electron chi connectivity index (χ1n) is 6.31. The van der Waals surface area contributed by atoms with E-state index in [4.69, 9.17) is 10.2 Å². The lowest BCUT2D eigenvalue weighted by Gasteiger charge is -2.36. The maximum Gasteiger partial charge on any atom is 0.0950 e. The Hall–Kier alpha value is -0.800. The molecule has 0 bridgehead atoms. The highest BCUT2D eigenvalue weighted by molar-refractivity contribution is 5.12. The van der Waals surface area contributed by atoms with Crippen molar-refractivity contribution in [2.75, 3.05) is 19.6 Å². The zero-order chi connectivity index (χ0) is 11.4. The van der Waals surface area contributed by atoms with Crippen molar-refractivity contribution >= 4 is 0 Å². The van der Waals surface area contributed by atoms with Crippen LogP contribution in [0.25, 0.3) is 0 Å². The van der Waals surface area contributed by atoms with Gasteiger partial charge in [0.2, 0.25) is 0 Å². The maximum absolute atomic E-state index is 5.88. The van der Waals surface area contributed by atoms with E-state index in [9.17, 15) is 0 Å². The molecule has 90 valence electrons. The van der Waals surface area contributed by atoms with Crippen molar-refractivity contribution in [3.05, 3.63) is 24.2 Å². The minimum absolute atomic E-state index is 0.344. The number of hydrogen-bond acceptors (Lipinski definition) is 3. The number of nitrogens with zero attached hydrogens (tertiary/aromatic N) is 1. The van der Waals surface area contributed by atoms with Gasteiger partial charge < -0.3 is 10.2 Å². The van der Waals surface area contributed by atoms with Crippen LogP contribution in [0.15, 0.2) is 23.0 Å². The van der Waals surface area contributed by atoms with Gasteiger partial charge in [0.1, 0.15) is 0 Å². The van der Waals surface area contributed by atoms with E-state index < -0.39 is 0 Å². The van der Waals surface area contributed by atoms with Gasteiger partial charge in [-0.25, -0.2) is 0 Å². The molecular formula is C13H22N2O. The predicted octanol–water partition coefficient (Wildman–Crippen LogP) is 2.40. The molecule has 2 heterocycles. The van der Waals surface area contributed by atoms with Crippen molar-refractivity contribution in [2.45, 2.75) is 32.2 Å². The van der Waals surface area contributed by atoms with E-state index in [0.29, 0.717) is 12.6 Å². The summed E-state index contributed by atoms with van der Waals surface area (Å²) in [5.41, 5.74) is 7.10. The van der Waals surface area contributed by atoms with Gasteiger partial charge in [-0.15, -0.1) is 0 Å². The molecule has 0 aromatic carbocycles. The Kier molecular flexibility index (Phi) is 4.02. The van der Waals surface area contributed by atoms with E-state index in [1.54, 1.807) is 6.26 Å². The molecule has 2 rings (SSSR count). The van der Waals surface area contributed by atoms with Crippen molar-refractivity contribution < 1.29 is 4.42 Å². The summed E-state index contributed by atoms with van der Waals surface area (Å²) in [6, 6.07) is 2.38. The smallest absolute Gasteiger partial charge is 0.0950 e. The molecule has 0 spiro atoms. The highest BCUT2D eigenvalue weighted by Gasteiger charge is 2.24. The highest BCUT2D eigenvalue weighted by atomic mass is 16.3. The monoisotopic (exact) mass is 222 g/mol. The second-order valence-electron chi connectivity index (χ2n) is 4.70. The summed E-state index contributed by atoms with van der Waals surface area (Å²) in [6.07, 6.45) is 7.49. The number of nitrogens with two attached hydrogens (primary N) is 1. The first kappa shape index (κ1) is 11.7. The topological polar surface area (TPSA) is 42.4 Å². The zero-order valence-corrected chi connectivity index (χ0v) is 10.1. The fourth-order valence-corrected chi connectivity index (χ4v) is 2.63.